The first kappa shape index (κ1) is 20.6. The molecule has 2 heterocycles. The zero-order valence-electron chi connectivity index (χ0n) is 17.7. The maximum Gasteiger partial charge on any atom is 0.319 e. The van der Waals surface area contributed by atoms with Gasteiger partial charge >= 0.3 is 6.03 Å². The van der Waals surface area contributed by atoms with Crippen molar-refractivity contribution in [3.05, 3.63) is 41.9 Å². The summed E-state index contributed by atoms with van der Waals surface area (Å²) in [4.78, 5) is 25.4. The number of nitrogens with zero attached hydrogens (tertiary/aromatic N) is 4. The van der Waals surface area contributed by atoms with Crippen LogP contribution in [-0.4, -0.2) is 37.2 Å². The predicted molar refractivity (Wildman–Crippen MR) is 120 cm³/mol. The Morgan fingerprint density at radius 2 is 1.71 bits per heavy atom. The molecule has 0 spiro atoms. The highest BCUT2D eigenvalue weighted by Crippen LogP contribution is 2.20. The predicted octanol–water partition coefficient (Wildman–Crippen LogP) is 4.02. The van der Waals surface area contributed by atoms with Crippen molar-refractivity contribution in [1.29, 1.82) is 0 Å². The lowest BCUT2D eigenvalue weighted by atomic mass is 10.2. The van der Waals surface area contributed by atoms with Crippen LogP contribution in [0.3, 0.4) is 0 Å². The second-order valence-corrected chi connectivity index (χ2v) is 7.60. The van der Waals surface area contributed by atoms with Crippen LogP contribution in [0.5, 0.6) is 0 Å². The van der Waals surface area contributed by atoms with E-state index in [0.717, 1.165) is 29.9 Å². The number of aryl methyl sites for hydroxylation is 2. The van der Waals surface area contributed by atoms with Crippen LogP contribution in [0.25, 0.3) is 0 Å². The van der Waals surface area contributed by atoms with E-state index in [0.29, 0.717) is 30.0 Å². The SMILES string of the molecule is CCc1nc(Nc2ccc(NC(=O)NC3CCCC3)cc2)nc(Nc2cc(C)[nH]n2)n1. The summed E-state index contributed by atoms with van der Waals surface area (Å²) in [5.74, 6) is 2.15. The summed E-state index contributed by atoms with van der Waals surface area (Å²) >= 11 is 0. The Morgan fingerprint density at radius 3 is 2.35 bits per heavy atom. The van der Waals surface area contributed by atoms with Crippen LogP contribution < -0.4 is 21.3 Å². The standard InChI is InChI=1S/C21H27N9O/c1-3-17-25-19(28-20(26-17)27-18-12-13(2)29-30-18)22-15-8-10-16(11-9-15)24-21(31)23-14-6-4-5-7-14/h8-12,14H,3-7H2,1-2H3,(H2,23,24,31)(H3,22,25,26,27,28,29,30). The number of amides is 2. The van der Waals surface area contributed by atoms with E-state index >= 15 is 0 Å². The lowest BCUT2D eigenvalue weighted by molar-refractivity contribution is 0.248. The van der Waals surface area contributed by atoms with Crippen molar-refractivity contribution in [3.63, 3.8) is 0 Å². The van der Waals surface area contributed by atoms with Gasteiger partial charge in [-0.1, -0.05) is 19.8 Å². The quantitative estimate of drug-likeness (QED) is 0.389. The molecular formula is C21H27N9O. The highest BCUT2D eigenvalue weighted by atomic mass is 16.2. The molecule has 0 saturated heterocycles. The lowest BCUT2D eigenvalue weighted by Crippen LogP contribution is -2.36. The summed E-state index contributed by atoms with van der Waals surface area (Å²) in [7, 11) is 0. The molecule has 4 rings (SSSR count). The van der Waals surface area contributed by atoms with E-state index in [9.17, 15) is 4.79 Å². The molecule has 2 amide bonds. The molecule has 2 aromatic heterocycles. The van der Waals surface area contributed by atoms with Gasteiger partial charge in [0.15, 0.2) is 5.82 Å². The average Bonchev–Trinajstić information content (AvgIpc) is 3.41. The molecule has 0 atom stereocenters. The Balaban J connectivity index is 1.39. The highest BCUT2D eigenvalue weighted by molar-refractivity contribution is 5.89. The van der Waals surface area contributed by atoms with Crippen LogP contribution in [-0.2, 0) is 6.42 Å². The summed E-state index contributed by atoms with van der Waals surface area (Å²) in [6.07, 6.45) is 5.14. The van der Waals surface area contributed by atoms with Crippen LogP contribution in [0.2, 0.25) is 0 Å². The van der Waals surface area contributed by atoms with Crippen LogP contribution in [0.15, 0.2) is 30.3 Å². The normalized spacial score (nSPS) is 13.7. The van der Waals surface area contributed by atoms with Gasteiger partial charge in [0.1, 0.15) is 5.82 Å². The van der Waals surface area contributed by atoms with Crippen LogP contribution >= 0.6 is 0 Å². The van der Waals surface area contributed by atoms with Crippen LogP contribution in [0.4, 0.5) is 33.9 Å². The van der Waals surface area contributed by atoms with E-state index in [4.69, 9.17) is 0 Å². The topological polar surface area (TPSA) is 133 Å². The number of carbonyl (C=O) groups is 1. The van der Waals surface area contributed by atoms with Crippen LogP contribution in [0, 0.1) is 6.92 Å². The molecule has 3 aromatic rings. The van der Waals surface area contributed by atoms with E-state index < -0.39 is 0 Å². The molecule has 0 unspecified atom stereocenters. The van der Waals surface area contributed by atoms with Crippen molar-refractivity contribution in [2.45, 2.75) is 52.0 Å². The molecule has 0 bridgehead atoms. The van der Waals surface area contributed by atoms with Gasteiger partial charge in [0.25, 0.3) is 0 Å². The van der Waals surface area contributed by atoms with Gasteiger partial charge in [-0.3, -0.25) is 5.10 Å². The third kappa shape index (κ3) is 5.68. The Hall–Kier alpha value is -3.69. The molecular weight excluding hydrogens is 394 g/mol. The lowest BCUT2D eigenvalue weighted by Gasteiger charge is -2.13. The molecule has 162 valence electrons. The number of aromatic amines is 1. The first-order valence-corrected chi connectivity index (χ1v) is 10.6. The molecule has 1 saturated carbocycles. The van der Waals surface area contributed by atoms with Crippen molar-refractivity contribution in [2.24, 2.45) is 0 Å². The van der Waals surface area contributed by atoms with Crippen LogP contribution in [0.1, 0.15) is 44.1 Å². The minimum Gasteiger partial charge on any atom is -0.335 e. The molecule has 1 aliphatic rings. The third-order valence-electron chi connectivity index (χ3n) is 5.03. The number of rotatable bonds is 7. The van der Waals surface area contributed by atoms with Gasteiger partial charge in [-0.25, -0.2) is 4.79 Å². The number of hydrogen-bond acceptors (Lipinski definition) is 7. The average molecular weight is 422 g/mol. The maximum absolute atomic E-state index is 12.1. The molecule has 5 N–H and O–H groups in total. The number of aromatic nitrogens is 5. The number of H-pyrrole nitrogens is 1. The minimum atomic E-state index is -0.165. The summed E-state index contributed by atoms with van der Waals surface area (Å²) in [6, 6.07) is 9.40. The zero-order valence-corrected chi connectivity index (χ0v) is 17.7. The number of hydrogen-bond donors (Lipinski definition) is 5. The van der Waals surface area contributed by atoms with Crippen molar-refractivity contribution in [2.75, 3.05) is 16.0 Å². The minimum absolute atomic E-state index is 0.165. The first-order chi connectivity index (χ1) is 15.1. The van der Waals surface area contributed by atoms with E-state index in [1.54, 1.807) is 0 Å². The molecule has 1 aromatic carbocycles. The molecule has 0 aliphatic heterocycles. The number of nitrogens with one attached hydrogen (secondary N) is 5. The fraction of sp³-hybridized carbons (Fsp3) is 0.381. The van der Waals surface area contributed by atoms with Gasteiger partial charge in [0.05, 0.1) is 0 Å². The summed E-state index contributed by atoms with van der Waals surface area (Å²) in [5, 5.41) is 19.2. The maximum atomic E-state index is 12.1. The van der Waals surface area contributed by atoms with E-state index in [1.165, 1.54) is 12.8 Å². The van der Waals surface area contributed by atoms with Gasteiger partial charge in [-0.2, -0.15) is 20.1 Å². The Labute approximate surface area is 180 Å². The van der Waals surface area contributed by atoms with E-state index in [2.05, 4.69) is 46.4 Å². The fourth-order valence-corrected chi connectivity index (χ4v) is 3.48. The van der Waals surface area contributed by atoms with E-state index in [1.807, 2.05) is 44.2 Å². The molecule has 1 aliphatic carbocycles. The first-order valence-electron chi connectivity index (χ1n) is 10.6. The monoisotopic (exact) mass is 421 g/mol. The molecule has 31 heavy (non-hydrogen) atoms. The summed E-state index contributed by atoms with van der Waals surface area (Å²) < 4.78 is 0. The third-order valence-corrected chi connectivity index (χ3v) is 5.03. The van der Waals surface area contributed by atoms with Crippen molar-refractivity contribution in [3.8, 4) is 0 Å². The van der Waals surface area contributed by atoms with E-state index in [-0.39, 0.29) is 12.1 Å². The van der Waals surface area contributed by atoms with Crippen molar-refractivity contribution in [1.82, 2.24) is 30.5 Å². The zero-order chi connectivity index (χ0) is 21.6. The molecule has 0 radical (unpaired) electrons. The van der Waals surface area contributed by atoms with Gasteiger partial charge in [0.2, 0.25) is 11.9 Å². The van der Waals surface area contributed by atoms with Gasteiger partial charge < -0.3 is 21.3 Å². The fourth-order valence-electron chi connectivity index (χ4n) is 3.48. The molecule has 10 heteroatoms. The number of carbonyl (C=O) groups excluding carboxylic acids is 1. The molecule has 10 nitrogen and oxygen atoms in total. The number of anilines is 5. The Kier molecular flexibility index (Phi) is 6.25. The smallest absolute Gasteiger partial charge is 0.319 e. The second-order valence-electron chi connectivity index (χ2n) is 7.60. The Morgan fingerprint density at radius 1 is 1.03 bits per heavy atom. The highest BCUT2D eigenvalue weighted by Gasteiger charge is 2.17. The molecule has 1 fully saturated rings. The van der Waals surface area contributed by atoms with Crippen molar-refractivity contribution < 1.29 is 4.79 Å². The number of benzene rings is 1. The van der Waals surface area contributed by atoms with Crippen molar-refractivity contribution >= 4 is 35.1 Å². The summed E-state index contributed by atoms with van der Waals surface area (Å²) in [5.41, 5.74) is 2.47. The second kappa shape index (κ2) is 9.41. The summed E-state index contributed by atoms with van der Waals surface area (Å²) in [6.45, 7) is 3.91. The van der Waals surface area contributed by atoms with Gasteiger partial charge in [-0.15, -0.1) is 0 Å². The largest absolute Gasteiger partial charge is 0.335 e. The number of urea groups is 1. The Bertz CT molecular complexity index is 1030. The van der Waals surface area contributed by atoms with Gasteiger partial charge in [0, 0.05) is 35.6 Å². The van der Waals surface area contributed by atoms with Gasteiger partial charge in [-0.05, 0) is 44.0 Å².